The van der Waals surface area contributed by atoms with Crippen molar-refractivity contribution < 1.29 is 23.6 Å². The lowest BCUT2D eigenvalue weighted by atomic mass is 10.00. The third-order valence-electron chi connectivity index (χ3n) is 7.30. The number of benzene rings is 2. The van der Waals surface area contributed by atoms with Crippen LogP contribution in [0.4, 0.5) is 0 Å². The molecule has 0 saturated carbocycles. The Balaban J connectivity index is 1.39. The molecule has 3 heterocycles. The van der Waals surface area contributed by atoms with Crippen LogP contribution < -0.4 is 21.3 Å². The van der Waals surface area contributed by atoms with Crippen LogP contribution in [0.1, 0.15) is 71.5 Å². The summed E-state index contributed by atoms with van der Waals surface area (Å²) in [7, 11) is 0. The highest BCUT2D eigenvalue weighted by Gasteiger charge is 2.32. The van der Waals surface area contributed by atoms with E-state index in [1.807, 2.05) is 44.2 Å². The molecule has 43 heavy (non-hydrogen) atoms. The van der Waals surface area contributed by atoms with Gasteiger partial charge in [0.15, 0.2) is 5.69 Å². The fourth-order valence-electron chi connectivity index (χ4n) is 4.91. The Morgan fingerprint density at radius 2 is 1.79 bits per heavy atom. The van der Waals surface area contributed by atoms with Gasteiger partial charge in [0.05, 0.1) is 0 Å². The van der Waals surface area contributed by atoms with Crippen molar-refractivity contribution in [3.05, 3.63) is 77.5 Å². The number of fused-ring (bicyclic) bond motifs is 3. The summed E-state index contributed by atoms with van der Waals surface area (Å²) in [5.41, 5.74) is 2.48. The fraction of sp³-hybridized carbons (Fsp3) is 0.367. The number of H-pyrrole nitrogens is 1. The molecule has 5 rings (SSSR count). The number of aromatic amines is 1. The van der Waals surface area contributed by atoms with Gasteiger partial charge in [0.25, 0.3) is 11.8 Å². The second-order valence-electron chi connectivity index (χ2n) is 10.9. The molecule has 3 atom stereocenters. The molecule has 224 valence electrons. The highest BCUT2D eigenvalue weighted by atomic mass is 16.3. The van der Waals surface area contributed by atoms with Crippen LogP contribution >= 0.6 is 0 Å². The summed E-state index contributed by atoms with van der Waals surface area (Å²) in [6.07, 6.45) is 2.98. The number of carbonyl (C=O) groups excluding carboxylic acids is 4. The van der Waals surface area contributed by atoms with Crippen molar-refractivity contribution in [2.24, 2.45) is 5.92 Å². The lowest BCUT2D eigenvalue weighted by Crippen LogP contribution is -2.56. The molecule has 1 aliphatic rings. The van der Waals surface area contributed by atoms with Gasteiger partial charge in [-0.05, 0) is 48.9 Å². The molecule has 5 N–H and O–H groups in total. The van der Waals surface area contributed by atoms with Crippen LogP contribution in [0.5, 0.6) is 0 Å². The van der Waals surface area contributed by atoms with Crippen LogP contribution in [0, 0.1) is 5.92 Å². The van der Waals surface area contributed by atoms with E-state index in [-0.39, 0.29) is 23.9 Å². The first-order valence-corrected chi connectivity index (χ1v) is 14.3. The van der Waals surface area contributed by atoms with Gasteiger partial charge in [-0.2, -0.15) is 15.4 Å². The van der Waals surface area contributed by atoms with E-state index in [1.54, 1.807) is 18.2 Å². The summed E-state index contributed by atoms with van der Waals surface area (Å²) < 4.78 is 5.65. The first-order valence-electron chi connectivity index (χ1n) is 14.3. The number of oxazole rings is 1. The van der Waals surface area contributed by atoms with Crippen molar-refractivity contribution in [2.75, 3.05) is 6.54 Å². The Bertz CT molecular complexity index is 1600. The Hall–Kier alpha value is -5.07. The predicted octanol–water partition coefficient (Wildman–Crippen LogP) is 2.20. The SMILES string of the molecule is CC(C)[C@@H]1NC(=O)[C@@H](NC(=O)c2ccc3n[nH]nc3c2)CCCCNC(=O)c2coc(n2)[C@@H](Cc2ccccc2)NC1=O. The maximum Gasteiger partial charge on any atom is 0.273 e. The normalized spacial score (nSPS) is 20.3. The molecule has 4 aromatic rings. The van der Waals surface area contributed by atoms with E-state index in [9.17, 15) is 19.2 Å². The molecule has 0 spiro atoms. The molecular weight excluding hydrogens is 552 g/mol. The molecule has 0 saturated heterocycles. The number of hydrogen-bond acceptors (Lipinski definition) is 8. The zero-order valence-corrected chi connectivity index (χ0v) is 23.9. The van der Waals surface area contributed by atoms with Crippen LogP contribution in [-0.2, 0) is 16.0 Å². The second kappa shape index (κ2) is 13.3. The van der Waals surface area contributed by atoms with Crippen LogP contribution in [0.15, 0.2) is 59.2 Å². The summed E-state index contributed by atoms with van der Waals surface area (Å²) in [6.45, 7) is 3.98. The third-order valence-corrected chi connectivity index (χ3v) is 7.30. The largest absolute Gasteiger partial charge is 0.446 e. The molecule has 1 aliphatic heterocycles. The van der Waals surface area contributed by atoms with Gasteiger partial charge < -0.3 is 25.7 Å². The Labute approximate surface area is 247 Å². The fourth-order valence-corrected chi connectivity index (χ4v) is 4.91. The number of carbonyl (C=O) groups is 4. The van der Waals surface area contributed by atoms with Gasteiger partial charge in [-0.1, -0.05) is 44.2 Å². The van der Waals surface area contributed by atoms with Crippen LogP contribution in [0.25, 0.3) is 11.0 Å². The van der Waals surface area contributed by atoms with Crippen LogP contribution in [0.3, 0.4) is 0 Å². The molecule has 4 amide bonds. The van der Waals surface area contributed by atoms with Crippen LogP contribution in [0.2, 0.25) is 0 Å². The molecule has 2 aromatic carbocycles. The average molecular weight is 587 g/mol. The standard InChI is InChI=1S/C30H34N8O5/c1-17(2)25-29(42)33-23(14-18-8-4-3-5-9-18)30-34-24(16-43-30)27(40)31-13-7-6-10-21(28(41)35-25)32-26(39)19-11-12-20-22(15-19)37-38-36-20/h3-5,8-9,11-12,15-17,21,23,25H,6-7,10,13-14H2,1-2H3,(H,31,40)(H,32,39)(H,33,42)(H,35,41)(H,36,37,38)/t21-,23+,25-/m0/s1. The molecule has 2 aromatic heterocycles. The third kappa shape index (κ3) is 7.23. The zero-order chi connectivity index (χ0) is 30.3. The number of nitrogens with zero attached hydrogens (tertiary/aromatic N) is 3. The first kappa shape index (κ1) is 29.4. The van der Waals surface area contributed by atoms with E-state index in [4.69, 9.17) is 4.42 Å². The van der Waals surface area contributed by atoms with E-state index < -0.39 is 41.8 Å². The minimum absolute atomic E-state index is 0.109. The molecule has 2 bridgehead atoms. The topological polar surface area (TPSA) is 184 Å². The Morgan fingerprint density at radius 1 is 1.00 bits per heavy atom. The van der Waals surface area contributed by atoms with Crippen molar-refractivity contribution in [1.82, 2.24) is 41.7 Å². The van der Waals surface area contributed by atoms with Gasteiger partial charge in [-0.3, -0.25) is 19.2 Å². The van der Waals surface area contributed by atoms with Crippen molar-refractivity contribution in [2.45, 2.75) is 57.7 Å². The van der Waals surface area contributed by atoms with E-state index in [0.29, 0.717) is 42.4 Å². The summed E-state index contributed by atoms with van der Waals surface area (Å²) in [6, 6.07) is 11.8. The minimum atomic E-state index is -0.926. The van der Waals surface area contributed by atoms with Gasteiger partial charge in [0, 0.05) is 18.5 Å². The smallest absolute Gasteiger partial charge is 0.273 e. The minimum Gasteiger partial charge on any atom is -0.446 e. The Kier molecular flexibility index (Phi) is 9.08. The highest BCUT2D eigenvalue weighted by Crippen LogP contribution is 2.20. The summed E-state index contributed by atoms with van der Waals surface area (Å²) >= 11 is 0. The summed E-state index contributed by atoms with van der Waals surface area (Å²) in [4.78, 5) is 57.5. The number of rotatable bonds is 5. The van der Waals surface area contributed by atoms with Crippen molar-refractivity contribution in [3.63, 3.8) is 0 Å². The average Bonchev–Trinajstić information content (AvgIpc) is 3.68. The van der Waals surface area contributed by atoms with Gasteiger partial charge in [0.1, 0.15) is 35.4 Å². The predicted molar refractivity (Wildman–Crippen MR) is 156 cm³/mol. The first-order chi connectivity index (χ1) is 20.8. The van der Waals surface area contributed by atoms with Crippen molar-refractivity contribution in [3.8, 4) is 0 Å². The van der Waals surface area contributed by atoms with E-state index >= 15 is 0 Å². The molecule has 0 radical (unpaired) electrons. The van der Waals surface area contributed by atoms with Gasteiger partial charge >= 0.3 is 0 Å². The molecule has 0 fully saturated rings. The number of amides is 4. The van der Waals surface area contributed by atoms with Gasteiger partial charge in [-0.15, -0.1) is 0 Å². The van der Waals surface area contributed by atoms with E-state index in [2.05, 4.69) is 41.7 Å². The van der Waals surface area contributed by atoms with Crippen molar-refractivity contribution in [1.29, 1.82) is 0 Å². The molecular formula is C30H34N8O5. The second-order valence-corrected chi connectivity index (χ2v) is 10.9. The van der Waals surface area contributed by atoms with Gasteiger partial charge in [-0.25, -0.2) is 4.98 Å². The quantitative estimate of drug-likeness (QED) is 0.236. The summed E-state index contributed by atoms with van der Waals surface area (Å²) in [5.74, 6) is -1.90. The monoisotopic (exact) mass is 586 g/mol. The molecule has 13 heteroatoms. The zero-order valence-electron chi connectivity index (χ0n) is 23.9. The van der Waals surface area contributed by atoms with Crippen molar-refractivity contribution >= 4 is 34.7 Å². The lowest BCUT2D eigenvalue weighted by molar-refractivity contribution is -0.131. The van der Waals surface area contributed by atoms with E-state index in [1.165, 1.54) is 6.26 Å². The molecule has 13 nitrogen and oxygen atoms in total. The summed E-state index contributed by atoms with van der Waals surface area (Å²) in [5, 5.41) is 22.0. The van der Waals surface area contributed by atoms with Crippen LogP contribution in [-0.4, -0.2) is 62.7 Å². The number of hydrogen-bond donors (Lipinski definition) is 5. The maximum absolute atomic E-state index is 13.6. The van der Waals surface area contributed by atoms with Gasteiger partial charge in [0.2, 0.25) is 17.7 Å². The number of nitrogens with one attached hydrogen (secondary N) is 5. The van der Waals surface area contributed by atoms with E-state index in [0.717, 1.165) is 5.56 Å². The number of aromatic nitrogens is 4. The molecule has 0 unspecified atom stereocenters. The maximum atomic E-state index is 13.6. The Morgan fingerprint density at radius 3 is 2.58 bits per heavy atom. The highest BCUT2D eigenvalue weighted by molar-refractivity contribution is 6.00. The molecule has 0 aliphatic carbocycles. The lowest BCUT2D eigenvalue weighted by Gasteiger charge is -2.27.